The van der Waals surface area contributed by atoms with Crippen molar-refractivity contribution >= 4 is 27.7 Å². The lowest BCUT2D eigenvalue weighted by Gasteiger charge is -2.02. The molecule has 0 N–H and O–H groups in total. The van der Waals surface area contributed by atoms with Gasteiger partial charge in [-0.05, 0) is 37.1 Å². The van der Waals surface area contributed by atoms with Crippen molar-refractivity contribution in [2.75, 3.05) is 0 Å². The van der Waals surface area contributed by atoms with E-state index in [0.717, 1.165) is 16.3 Å². The minimum absolute atomic E-state index is 0.125. The number of benzene rings is 1. The summed E-state index contributed by atoms with van der Waals surface area (Å²) >= 11 is 0. The average molecular weight is 270 g/mol. The van der Waals surface area contributed by atoms with Crippen LogP contribution in [0.15, 0.2) is 38.1 Å². The molecular formula is C16H14O4. The minimum atomic E-state index is -0.580. The molecule has 0 saturated heterocycles. The molecule has 20 heavy (non-hydrogen) atoms. The first-order valence-corrected chi connectivity index (χ1v) is 6.59. The molecule has 0 aliphatic rings. The van der Waals surface area contributed by atoms with E-state index in [-0.39, 0.29) is 11.3 Å². The van der Waals surface area contributed by atoms with Crippen molar-refractivity contribution in [2.45, 2.75) is 26.7 Å². The molecule has 1 aromatic carbocycles. The van der Waals surface area contributed by atoms with Gasteiger partial charge >= 0.3 is 5.63 Å². The number of Topliss-reactive ketones (excluding diaryl/α,β-unsaturated/α-hetero) is 1. The zero-order valence-electron chi connectivity index (χ0n) is 11.4. The van der Waals surface area contributed by atoms with E-state index in [1.807, 2.05) is 19.9 Å². The smallest absolute Gasteiger partial charge is 0.347 e. The maximum absolute atomic E-state index is 12.0. The molecule has 0 unspecified atom stereocenters. The predicted octanol–water partition coefficient (Wildman–Crippen LogP) is 3.83. The largest absolute Gasteiger partial charge is 0.464 e. The van der Waals surface area contributed by atoms with E-state index in [4.69, 9.17) is 8.83 Å². The molecule has 0 fully saturated rings. The second-order valence-electron chi connectivity index (χ2n) is 4.90. The summed E-state index contributed by atoms with van der Waals surface area (Å²) < 4.78 is 10.8. The number of fused-ring (bicyclic) bond motifs is 3. The fraction of sp³-hybridized carbons (Fsp3) is 0.250. The third kappa shape index (κ3) is 1.84. The maximum Gasteiger partial charge on any atom is 0.347 e. The number of hydrogen-bond donors (Lipinski definition) is 0. The van der Waals surface area contributed by atoms with Crippen molar-refractivity contribution in [2.24, 2.45) is 0 Å². The highest BCUT2D eigenvalue weighted by Crippen LogP contribution is 2.29. The zero-order chi connectivity index (χ0) is 14.3. The predicted molar refractivity (Wildman–Crippen MR) is 76.2 cm³/mol. The molecule has 102 valence electrons. The minimum Gasteiger partial charge on any atom is -0.464 e. The van der Waals surface area contributed by atoms with Crippen molar-refractivity contribution in [1.29, 1.82) is 0 Å². The van der Waals surface area contributed by atoms with E-state index in [0.29, 0.717) is 24.0 Å². The summed E-state index contributed by atoms with van der Waals surface area (Å²) in [5.74, 6) is -0.174. The van der Waals surface area contributed by atoms with Gasteiger partial charge < -0.3 is 8.83 Å². The molecule has 0 bridgehead atoms. The first kappa shape index (κ1) is 12.7. The maximum atomic E-state index is 12.0. The number of carbonyl (C=O) groups is 1. The topological polar surface area (TPSA) is 60.4 Å². The summed E-state index contributed by atoms with van der Waals surface area (Å²) in [4.78, 5) is 23.9. The number of aryl methyl sites for hydroxylation is 1. The zero-order valence-corrected chi connectivity index (χ0v) is 11.4. The highest BCUT2D eigenvalue weighted by molar-refractivity contribution is 6.06. The fourth-order valence-electron chi connectivity index (χ4n) is 2.40. The van der Waals surface area contributed by atoms with Gasteiger partial charge in [0.05, 0.1) is 11.6 Å². The second kappa shape index (κ2) is 4.63. The van der Waals surface area contributed by atoms with Gasteiger partial charge in [-0.15, -0.1) is 0 Å². The Bertz CT molecular complexity index is 867. The van der Waals surface area contributed by atoms with E-state index in [1.54, 1.807) is 18.4 Å². The van der Waals surface area contributed by atoms with Gasteiger partial charge in [0.25, 0.3) is 0 Å². The molecule has 0 spiro atoms. The Hall–Kier alpha value is -2.36. The van der Waals surface area contributed by atoms with Crippen LogP contribution >= 0.6 is 0 Å². The molecule has 0 saturated carbocycles. The van der Waals surface area contributed by atoms with Crippen LogP contribution in [0.5, 0.6) is 0 Å². The Morgan fingerprint density at radius 1 is 1.30 bits per heavy atom. The SMILES string of the molecule is CCCC(=O)c1cc2ccc3occ(C)c3c2oc1=O. The van der Waals surface area contributed by atoms with Crippen LogP contribution in [0.3, 0.4) is 0 Å². The summed E-state index contributed by atoms with van der Waals surface area (Å²) in [6.07, 6.45) is 2.68. The van der Waals surface area contributed by atoms with Gasteiger partial charge in [-0.1, -0.05) is 6.92 Å². The average Bonchev–Trinajstić information content (AvgIpc) is 2.80. The summed E-state index contributed by atoms with van der Waals surface area (Å²) in [5, 5.41) is 1.52. The standard InChI is InChI=1S/C16H14O4/c1-3-4-12(17)11-7-10-5-6-13-14(9(2)8-19-13)15(10)20-16(11)18/h5-8H,3-4H2,1-2H3. The van der Waals surface area contributed by atoms with Crippen molar-refractivity contribution in [3.63, 3.8) is 0 Å². The van der Waals surface area contributed by atoms with Crippen LogP contribution in [0.25, 0.3) is 21.9 Å². The molecule has 3 aromatic rings. The number of rotatable bonds is 3. The highest BCUT2D eigenvalue weighted by Gasteiger charge is 2.15. The molecule has 0 aliphatic heterocycles. The quantitative estimate of drug-likeness (QED) is 0.536. The Kier molecular flexibility index (Phi) is 2.93. The Morgan fingerprint density at radius 3 is 2.85 bits per heavy atom. The summed E-state index contributed by atoms with van der Waals surface area (Å²) in [5.41, 5.74) is 1.60. The lowest BCUT2D eigenvalue weighted by Crippen LogP contribution is -2.13. The summed E-state index contributed by atoms with van der Waals surface area (Å²) in [6.45, 7) is 3.79. The lowest BCUT2D eigenvalue weighted by atomic mass is 10.1. The third-order valence-corrected chi connectivity index (χ3v) is 3.40. The van der Waals surface area contributed by atoms with Crippen molar-refractivity contribution in [3.8, 4) is 0 Å². The van der Waals surface area contributed by atoms with Gasteiger partial charge in [0.2, 0.25) is 0 Å². The lowest BCUT2D eigenvalue weighted by molar-refractivity contribution is 0.0978. The monoisotopic (exact) mass is 270 g/mol. The molecule has 3 rings (SSSR count). The van der Waals surface area contributed by atoms with Crippen LogP contribution in [0.1, 0.15) is 35.7 Å². The highest BCUT2D eigenvalue weighted by atomic mass is 16.4. The number of carbonyl (C=O) groups excluding carboxylic acids is 1. The molecule has 0 atom stereocenters. The van der Waals surface area contributed by atoms with Crippen LogP contribution < -0.4 is 5.63 Å². The first-order chi connectivity index (χ1) is 9.61. The number of hydrogen-bond acceptors (Lipinski definition) is 4. The molecule has 4 nitrogen and oxygen atoms in total. The summed E-state index contributed by atoms with van der Waals surface area (Å²) in [6, 6.07) is 5.23. The molecular weight excluding hydrogens is 256 g/mol. The van der Waals surface area contributed by atoms with Gasteiger partial charge in [0.1, 0.15) is 16.7 Å². The molecule has 0 amide bonds. The molecule has 0 radical (unpaired) electrons. The van der Waals surface area contributed by atoms with Crippen molar-refractivity contribution in [1.82, 2.24) is 0 Å². The van der Waals surface area contributed by atoms with Gasteiger partial charge in [0.15, 0.2) is 5.78 Å². The molecule has 0 aliphatic carbocycles. The van der Waals surface area contributed by atoms with Crippen molar-refractivity contribution < 1.29 is 13.6 Å². The normalized spacial score (nSPS) is 11.3. The van der Waals surface area contributed by atoms with Crippen LogP contribution in [-0.4, -0.2) is 5.78 Å². The number of furan rings is 1. The Balaban J connectivity index is 2.32. The molecule has 4 heteroatoms. The molecule has 2 heterocycles. The van der Waals surface area contributed by atoms with E-state index in [1.165, 1.54) is 0 Å². The first-order valence-electron chi connectivity index (χ1n) is 6.59. The van der Waals surface area contributed by atoms with E-state index in [2.05, 4.69) is 0 Å². The van der Waals surface area contributed by atoms with Crippen LogP contribution in [0, 0.1) is 6.92 Å². The van der Waals surface area contributed by atoms with Crippen LogP contribution in [0.4, 0.5) is 0 Å². The van der Waals surface area contributed by atoms with Crippen LogP contribution in [0.2, 0.25) is 0 Å². The van der Waals surface area contributed by atoms with Crippen LogP contribution in [-0.2, 0) is 0 Å². The van der Waals surface area contributed by atoms with Crippen molar-refractivity contribution in [3.05, 3.63) is 46.0 Å². The molecule has 2 aromatic heterocycles. The van der Waals surface area contributed by atoms with Gasteiger partial charge in [-0.2, -0.15) is 0 Å². The third-order valence-electron chi connectivity index (χ3n) is 3.40. The Morgan fingerprint density at radius 2 is 2.10 bits per heavy atom. The second-order valence-corrected chi connectivity index (χ2v) is 4.90. The summed E-state index contributed by atoms with van der Waals surface area (Å²) in [7, 11) is 0. The Labute approximate surface area is 115 Å². The van der Waals surface area contributed by atoms with E-state index in [9.17, 15) is 9.59 Å². The fourth-order valence-corrected chi connectivity index (χ4v) is 2.40. The van der Waals surface area contributed by atoms with Gasteiger partial charge in [0, 0.05) is 11.8 Å². The number of ketones is 1. The van der Waals surface area contributed by atoms with E-state index >= 15 is 0 Å². The van der Waals surface area contributed by atoms with Gasteiger partial charge in [-0.3, -0.25) is 4.79 Å². The van der Waals surface area contributed by atoms with E-state index < -0.39 is 5.63 Å². The van der Waals surface area contributed by atoms with Gasteiger partial charge in [-0.25, -0.2) is 4.79 Å².